The van der Waals surface area contributed by atoms with Crippen molar-refractivity contribution in [2.24, 2.45) is 5.41 Å². The van der Waals surface area contributed by atoms with Crippen LogP contribution in [-0.2, 0) is 6.42 Å². The smallest absolute Gasteiger partial charge is 0.0467 e. The highest BCUT2D eigenvalue weighted by Gasteiger charge is 2.18. The number of nitrogens with one attached hydrogen (secondary N) is 1. The Balaban J connectivity index is 2.69. The molecule has 0 bridgehead atoms. The first-order chi connectivity index (χ1) is 8.35. The third-order valence-corrected chi connectivity index (χ3v) is 4.10. The van der Waals surface area contributed by atoms with Gasteiger partial charge in [0.1, 0.15) is 0 Å². The summed E-state index contributed by atoms with van der Waals surface area (Å²) in [7, 11) is 1.98. The Bertz CT molecular complexity index is 379. The Hall–Kier alpha value is 0.0500. The van der Waals surface area contributed by atoms with E-state index in [4.69, 9.17) is 34.8 Å². The van der Waals surface area contributed by atoms with Crippen LogP contribution in [0.15, 0.2) is 12.1 Å². The first kappa shape index (κ1) is 16.1. The lowest BCUT2D eigenvalue weighted by molar-refractivity contribution is 0.306. The zero-order valence-corrected chi connectivity index (χ0v) is 13.4. The van der Waals surface area contributed by atoms with E-state index in [2.05, 4.69) is 19.2 Å². The van der Waals surface area contributed by atoms with E-state index in [-0.39, 0.29) is 5.41 Å². The SMILES string of the molecule is CNCCC(C)(C)CCc1c(Cl)cc(Cl)cc1Cl. The van der Waals surface area contributed by atoms with Crippen LogP contribution in [0.1, 0.15) is 32.3 Å². The summed E-state index contributed by atoms with van der Waals surface area (Å²) in [5, 5.41) is 5.10. The van der Waals surface area contributed by atoms with E-state index in [1.807, 2.05) is 7.05 Å². The van der Waals surface area contributed by atoms with E-state index in [1.54, 1.807) is 12.1 Å². The van der Waals surface area contributed by atoms with Gasteiger partial charge in [0.2, 0.25) is 0 Å². The Morgan fingerprint density at radius 2 is 1.61 bits per heavy atom. The lowest BCUT2D eigenvalue weighted by Gasteiger charge is -2.25. The van der Waals surface area contributed by atoms with Gasteiger partial charge in [-0.3, -0.25) is 0 Å². The van der Waals surface area contributed by atoms with Crippen LogP contribution in [-0.4, -0.2) is 13.6 Å². The molecular weight excluding hydrogens is 289 g/mol. The third kappa shape index (κ3) is 4.97. The number of rotatable bonds is 6. The molecule has 0 saturated heterocycles. The third-order valence-electron chi connectivity index (χ3n) is 3.21. The van der Waals surface area contributed by atoms with Gasteiger partial charge in [-0.2, -0.15) is 0 Å². The molecule has 0 saturated carbocycles. The predicted octanol–water partition coefficient (Wildman–Crippen LogP) is 5.22. The fourth-order valence-corrected chi connectivity index (χ4v) is 2.87. The van der Waals surface area contributed by atoms with E-state index >= 15 is 0 Å². The first-order valence-electron chi connectivity index (χ1n) is 6.14. The molecule has 0 heterocycles. The second-order valence-electron chi connectivity index (χ2n) is 5.37. The molecule has 0 radical (unpaired) electrons. The first-order valence-corrected chi connectivity index (χ1v) is 7.27. The van der Waals surface area contributed by atoms with Crippen molar-refractivity contribution in [3.05, 3.63) is 32.8 Å². The van der Waals surface area contributed by atoms with Gasteiger partial charge < -0.3 is 5.32 Å². The Morgan fingerprint density at radius 3 is 2.11 bits per heavy atom. The molecule has 4 heteroatoms. The van der Waals surface area contributed by atoms with Crippen molar-refractivity contribution in [2.75, 3.05) is 13.6 Å². The molecule has 0 spiro atoms. The van der Waals surface area contributed by atoms with Crippen LogP contribution >= 0.6 is 34.8 Å². The highest BCUT2D eigenvalue weighted by atomic mass is 35.5. The molecule has 0 unspecified atom stereocenters. The van der Waals surface area contributed by atoms with E-state index in [0.717, 1.165) is 31.4 Å². The molecule has 0 aliphatic carbocycles. The Labute approximate surface area is 125 Å². The summed E-state index contributed by atoms with van der Waals surface area (Å²) < 4.78 is 0. The molecule has 0 atom stereocenters. The van der Waals surface area contributed by atoms with E-state index in [1.165, 1.54) is 0 Å². The van der Waals surface area contributed by atoms with Gasteiger partial charge in [-0.25, -0.2) is 0 Å². The van der Waals surface area contributed by atoms with Crippen molar-refractivity contribution in [2.45, 2.75) is 33.1 Å². The van der Waals surface area contributed by atoms with Crippen LogP contribution in [0.3, 0.4) is 0 Å². The molecule has 102 valence electrons. The summed E-state index contributed by atoms with van der Waals surface area (Å²) in [6, 6.07) is 3.51. The monoisotopic (exact) mass is 307 g/mol. The minimum absolute atomic E-state index is 0.273. The summed E-state index contributed by atoms with van der Waals surface area (Å²) in [5.41, 5.74) is 1.27. The standard InChI is InChI=1S/C14H20Cl3N/c1-14(2,6-7-18-3)5-4-11-12(16)8-10(15)9-13(11)17/h8-9,18H,4-7H2,1-3H3. The molecule has 1 N–H and O–H groups in total. The maximum absolute atomic E-state index is 6.19. The fourth-order valence-electron chi connectivity index (χ4n) is 1.86. The summed E-state index contributed by atoms with van der Waals surface area (Å²) >= 11 is 18.3. The fraction of sp³-hybridized carbons (Fsp3) is 0.571. The normalized spacial score (nSPS) is 11.9. The summed E-state index contributed by atoms with van der Waals surface area (Å²) in [5.74, 6) is 0. The van der Waals surface area contributed by atoms with Crippen LogP contribution in [0.5, 0.6) is 0 Å². The van der Waals surface area contributed by atoms with Gasteiger partial charge >= 0.3 is 0 Å². The average Bonchev–Trinajstić information content (AvgIpc) is 2.24. The number of hydrogen-bond acceptors (Lipinski definition) is 1. The second-order valence-corrected chi connectivity index (χ2v) is 6.62. The molecule has 0 aliphatic heterocycles. The molecule has 1 nitrogen and oxygen atoms in total. The zero-order valence-electron chi connectivity index (χ0n) is 11.1. The number of hydrogen-bond donors (Lipinski definition) is 1. The molecule has 0 fully saturated rings. The van der Waals surface area contributed by atoms with E-state index in [9.17, 15) is 0 Å². The number of benzene rings is 1. The van der Waals surface area contributed by atoms with Crippen molar-refractivity contribution in [1.29, 1.82) is 0 Å². The van der Waals surface area contributed by atoms with Gasteiger partial charge in [-0.1, -0.05) is 48.7 Å². The van der Waals surface area contributed by atoms with Crippen molar-refractivity contribution in [3.63, 3.8) is 0 Å². The van der Waals surface area contributed by atoms with Crippen molar-refractivity contribution in [3.8, 4) is 0 Å². The maximum atomic E-state index is 6.19. The van der Waals surface area contributed by atoms with Gasteiger partial charge in [0.05, 0.1) is 0 Å². The van der Waals surface area contributed by atoms with Gasteiger partial charge in [-0.15, -0.1) is 0 Å². The summed E-state index contributed by atoms with van der Waals surface area (Å²) in [6.45, 7) is 5.55. The van der Waals surface area contributed by atoms with E-state index < -0.39 is 0 Å². The summed E-state index contributed by atoms with van der Waals surface area (Å²) in [6.07, 6.45) is 3.06. The quantitative estimate of drug-likeness (QED) is 0.760. The van der Waals surface area contributed by atoms with Crippen molar-refractivity contribution >= 4 is 34.8 Å². The van der Waals surface area contributed by atoms with Crippen LogP contribution < -0.4 is 5.32 Å². The topological polar surface area (TPSA) is 12.0 Å². The molecule has 18 heavy (non-hydrogen) atoms. The van der Waals surface area contributed by atoms with Crippen LogP contribution in [0.25, 0.3) is 0 Å². The second kappa shape index (κ2) is 7.00. The average molecular weight is 309 g/mol. The van der Waals surface area contributed by atoms with Crippen molar-refractivity contribution in [1.82, 2.24) is 5.32 Å². The minimum atomic E-state index is 0.273. The van der Waals surface area contributed by atoms with Gasteiger partial charge in [0.15, 0.2) is 0 Å². The largest absolute Gasteiger partial charge is 0.320 e. The highest BCUT2D eigenvalue weighted by molar-refractivity contribution is 6.39. The molecular formula is C14H20Cl3N. The lowest BCUT2D eigenvalue weighted by Crippen LogP contribution is -2.20. The van der Waals surface area contributed by atoms with Crippen molar-refractivity contribution < 1.29 is 0 Å². The Kier molecular flexibility index (Phi) is 6.26. The molecule has 1 rings (SSSR count). The van der Waals surface area contributed by atoms with Crippen LogP contribution in [0.2, 0.25) is 15.1 Å². The van der Waals surface area contributed by atoms with Gasteiger partial charge in [-0.05, 0) is 56.0 Å². The van der Waals surface area contributed by atoms with Gasteiger partial charge in [0.25, 0.3) is 0 Å². The molecule has 0 aromatic heterocycles. The zero-order chi connectivity index (χ0) is 13.8. The molecule has 0 amide bonds. The van der Waals surface area contributed by atoms with Crippen LogP contribution in [0.4, 0.5) is 0 Å². The maximum Gasteiger partial charge on any atom is 0.0467 e. The predicted molar refractivity (Wildman–Crippen MR) is 82.1 cm³/mol. The lowest BCUT2D eigenvalue weighted by atomic mass is 9.83. The minimum Gasteiger partial charge on any atom is -0.320 e. The summed E-state index contributed by atoms with van der Waals surface area (Å²) in [4.78, 5) is 0. The molecule has 0 aliphatic rings. The number of halogens is 3. The Morgan fingerprint density at radius 1 is 1.06 bits per heavy atom. The van der Waals surface area contributed by atoms with E-state index in [0.29, 0.717) is 15.1 Å². The van der Waals surface area contributed by atoms with Gasteiger partial charge in [0, 0.05) is 15.1 Å². The molecule has 1 aromatic carbocycles. The highest BCUT2D eigenvalue weighted by Crippen LogP contribution is 2.33. The van der Waals surface area contributed by atoms with Crippen LogP contribution in [0, 0.1) is 5.41 Å². The molecule has 1 aromatic rings.